The van der Waals surface area contributed by atoms with Crippen LogP contribution in [0.2, 0.25) is 0 Å². The van der Waals surface area contributed by atoms with Gasteiger partial charge in [0.25, 0.3) is 5.91 Å². The Morgan fingerprint density at radius 1 is 1.24 bits per heavy atom. The van der Waals surface area contributed by atoms with E-state index in [1.807, 2.05) is 6.92 Å². The number of phenols is 1. The largest absolute Gasteiger partial charge is 0.507 e. The maximum atomic E-state index is 12.3. The highest BCUT2D eigenvalue weighted by molar-refractivity contribution is 5.97. The molecule has 1 aromatic rings. The van der Waals surface area contributed by atoms with Gasteiger partial charge in [0.05, 0.1) is 0 Å². The molecule has 138 valence electrons. The number of rotatable bonds is 11. The molecule has 0 radical (unpaired) electrons. The Morgan fingerprint density at radius 3 is 2.64 bits per heavy atom. The molecule has 0 saturated heterocycles. The number of hydrogen-bond donors (Lipinski definition) is 3. The highest BCUT2D eigenvalue weighted by Crippen LogP contribution is 2.21. The molecule has 0 aromatic heterocycles. The summed E-state index contributed by atoms with van der Waals surface area (Å²) in [6.45, 7) is 4.45. The number of hydrogen-bond acceptors (Lipinski definition) is 4. The van der Waals surface area contributed by atoms with Crippen LogP contribution in [0.15, 0.2) is 30.4 Å². The Kier molecular flexibility index (Phi) is 9.32. The number of carbonyl (C=O) groups excluding carboxylic acids is 1. The van der Waals surface area contributed by atoms with E-state index in [1.54, 1.807) is 0 Å². The van der Waals surface area contributed by atoms with E-state index in [2.05, 4.69) is 24.4 Å². The van der Waals surface area contributed by atoms with Crippen LogP contribution in [0, 0.1) is 0 Å². The van der Waals surface area contributed by atoms with Crippen molar-refractivity contribution in [3.8, 4) is 5.75 Å². The Labute approximate surface area is 148 Å². The lowest BCUT2D eigenvalue weighted by atomic mass is 10.1. The van der Waals surface area contributed by atoms with E-state index in [9.17, 15) is 14.7 Å². The van der Waals surface area contributed by atoms with Crippen LogP contribution in [0.5, 0.6) is 5.75 Å². The van der Waals surface area contributed by atoms with E-state index < -0.39 is 12.1 Å². The summed E-state index contributed by atoms with van der Waals surface area (Å²) in [6.07, 6.45) is 8.13. The molecule has 0 fully saturated rings. The van der Waals surface area contributed by atoms with Gasteiger partial charge < -0.3 is 20.3 Å². The van der Waals surface area contributed by atoms with Gasteiger partial charge in [-0.15, -0.1) is 0 Å². The van der Waals surface area contributed by atoms with Crippen LogP contribution >= 0.6 is 0 Å². The number of nitrogens with one attached hydrogen (secondary N) is 1. The monoisotopic (exact) mass is 349 g/mol. The molecule has 0 heterocycles. The van der Waals surface area contributed by atoms with Crippen molar-refractivity contribution >= 4 is 17.6 Å². The fourth-order valence-electron chi connectivity index (χ4n) is 2.26. The average molecular weight is 349 g/mol. The zero-order valence-electron chi connectivity index (χ0n) is 14.8. The van der Waals surface area contributed by atoms with Crippen molar-refractivity contribution in [2.75, 3.05) is 11.9 Å². The Hall–Kier alpha value is -2.34. The normalized spacial score (nSPS) is 12.2. The van der Waals surface area contributed by atoms with Crippen molar-refractivity contribution in [1.82, 2.24) is 0 Å². The molecule has 0 spiro atoms. The third-order valence-electron chi connectivity index (χ3n) is 3.64. The average Bonchev–Trinajstić information content (AvgIpc) is 2.58. The summed E-state index contributed by atoms with van der Waals surface area (Å²) in [4.78, 5) is 23.3. The second-order valence-electron chi connectivity index (χ2n) is 5.67. The predicted octanol–water partition coefficient (Wildman–Crippen LogP) is 3.96. The van der Waals surface area contributed by atoms with Gasteiger partial charge in [0.1, 0.15) is 17.4 Å². The number of carboxylic acids is 1. The number of aromatic hydroxyl groups is 1. The first kappa shape index (κ1) is 20.7. The summed E-state index contributed by atoms with van der Waals surface area (Å²) in [5.41, 5.74) is 0.0545. The summed E-state index contributed by atoms with van der Waals surface area (Å²) < 4.78 is 5.63. The van der Waals surface area contributed by atoms with Crippen molar-refractivity contribution in [2.45, 2.75) is 52.1 Å². The van der Waals surface area contributed by atoms with Crippen molar-refractivity contribution < 1.29 is 24.5 Å². The molecule has 0 saturated carbocycles. The third kappa shape index (κ3) is 7.39. The van der Waals surface area contributed by atoms with Gasteiger partial charge >= 0.3 is 5.97 Å². The standard InChI is InChI=1S/C19H27NO5/c1-3-5-6-7-8-9-12-25-17(4-2)18(22)20-14-10-11-16(21)15(13-14)19(23)24/h5-6,10-11,13,17,21H,3-4,7-9,12H2,1-2H3,(H,20,22)(H,23,24)/b6-5-/t17-/m0/s1. The van der Waals surface area contributed by atoms with E-state index >= 15 is 0 Å². The van der Waals surface area contributed by atoms with E-state index in [0.717, 1.165) is 25.7 Å². The molecule has 6 heteroatoms. The quantitative estimate of drug-likeness (QED) is 0.319. The molecule has 0 aliphatic carbocycles. The minimum Gasteiger partial charge on any atom is -0.507 e. The lowest BCUT2D eigenvalue weighted by Crippen LogP contribution is -2.30. The lowest BCUT2D eigenvalue weighted by Gasteiger charge is -2.16. The Bertz CT molecular complexity index is 597. The fourth-order valence-corrected chi connectivity index (χ4v) is 2.26. The van der Waals surface area contributed by atoms with Crippen LogP contribution in [0.1, 0.15) is 56.3 Å². The third-order valence-corrected chi connectivity index (χ3v) is 3.64. The number of anilines is 1. The Morgan fingerprint density at radius 2 is 2.00 bits per heavy atom. The predicted molar refractivity (Wildman–Crippen MR) is 97.0 cm³/mol. The smallest absolute Gasteiger partial charge is 0.339 e. The van der Waals surface area contributed by atoms with E-state index in [0.29, 0.717) is 18.7 Å². The number of allylic oxidation sites excluding steroid dienone is 2. The van der Waals surface area contributed by atoms with E-state index in [1.165, 1.54) is 18.2 Å². The van der Waals surface area contributed by atoms with Crippen LogP contribution in [-0.2, 0) is 9.53 Å². The lowest BCUT2D eigenvalue weighted by molar-refractivity contribution is -0.127. The van der Waals surface area contributed by atoms with Crippen molar-refractivity contribution in [3.05, 3.63) is 35.9 Å². The first-order valence-corrected chi connectivity index (χ1v) is 8.63. The SMILES string of the molecule is CC/C=C\CCCCO[C@@H](CC)C(=O)Nc1ccc(O)c(C(=O)O)c1. The second kappa shape index (κ2) is 11.3. The van der Waals surface area contributed by atoms with Crippen LogP contribution in [0.25, 0.3) is 0 Å². The number of amides is 1. The van der Waals surface area contributed by atoms with Crippen LogP contribution in [-0.4, -0.2) is 34.8 Å². The minimum atomic E-state index is -1.26. The molecule has 1 rings (SSSR count). The highest BCUT2D eigenvalue weighted by atomic mass is 16.5. The summed E-state index contributed by atoms with van der Waals surface area (Å²) in [6, 6.07) is 3.92. The number of aromatic carboxylic acids is 1. The van der Waals surface area contributed by atoms with Gasteiger partial charge in [-0.3, -0.25) is 4.79 Å². The number of carbonyl (C=O) groups is 2. The molecule has 1 amide bonds. The van der Waals surface area contributed by atoms with Gasteiger partial charge in [-0.25, -0.2) is 4.79 Å². The van der Waals surface area contributed by atoms with Gasteiger partial charge in [0.15, 0.2) is 0 Å². The summed E-state index contributed by atoms with van der Waals surface area (Å²) in [5.74, 6) is -1.92. The van der Waals surface area contributed by atoms with Gasteiger partial charge in [-0.2, -0.15) is 0 Å². The number of carboxylic acid groups (broad SMARTS) is 1. The van der Waals surface area contributed by atoms with Crippen molar-refractivity contribution in [3.63, 3.8) is 0 Å². The van der Waals surface area contributed by atoms with Crippen LogP contribution < -0.4 is 5.32 Å². The molecule has 0 aliphatic rings. The van der Waals surface area contributed by atoms with E-state index in [-0.39, 0.29) is 17.2 Å². The number of ether oxygens (including phenoxy) is 1. The first-order chi connectivity index (χ1) is 12.0. The molecule has 0 aliphatic heterocycles. The molecular formula is C19H27NO5. The van der Waals surface area contributed by atoms with Crippen molar-refractivity contribution in [1.29, 1.82) is 0 Å². The fraction of sp³-hybridized carbons (Fsp3) is 0.474. The first-order valence-electron chi connectivity index (χ1n) is 8.63. The van der Waals surface area contributed by atoms with Crippen LogP contribution in [0.4, 0.5) is 5.69 Å². The van der Waals surface area contributed by atoms with Crippen molar-refractivity contribution in [2.24, 2.45) is 0 Å². The second-order valence-corrected chi connectivity index (χ2v) is 5.67. The Balaban J connectivity index is 2.49. The highest BCUT2D eigenvalue weighted by Gasteiger charge is 2.18. The molecule has 6 nitrogen and oxygen atoms in total. The molecule has 0 bridgehead atoms. The maximum Gasteiger partial charge on any atom is 0.339 e. The summed E-state index contributed by atoms with van der Waals surface area (Å²) in [5, 5.41) is 21.1. The van der Waals surface area contributed by atoms with Gasteiger partial charge in [0, 0.05) is 12.3 Å². The summed E-state index contributed by atoms with van der Waals surface area (Å²) >= 11 is 0. The zero-order chi connectivity index (χ0) is 18.7. The molecule has 1 aromatic carbocycles. The summed E-state index contributed by atoms with van der Waals surface area (Å²) in [7, 11) is 0. The number of unbranched alkanes of at least 4 members (excludes halogenated alkanes) is 2. The van der Waals surface area contributed by atoms with Crippen LogP contribution in [0.3, 0.4) is 0 Å². The zero-order valence-corrected chi connectivity index (χ0v) is 14.8. The van der Waals surface area contributed by atoms with Gasteiger partial charge in [0.2, 0.25) is 0 Å². The minimum absolute atomic E-state index is 0.257. The topological polar surface area (TPSA) is 95.9 Å². The molecule has 25 heavy (non-hydrogen) atoms. The maximum absolute atomic E-state index is 12.3. The molecular weight excluding hydrogens is 322 g/mol. The number of benzene rings is 1. The molecule has 0 unspecified atom stereocenters. The molecule has 1 atom stereocenters. The van der Waals surface area contributed by atoms with Gasteiger partial charge in [-0.1, -0.05) is 26.0 Å². The molecule has 3 N–H and O–H groups in total. The van der Waals surface area contributed by atoms with E-state index in [4.69, 9.17) is 9.84 Å². The van der Waals surface area contributed by atoms with Gasteiger partial charge in [-0.05, 0) is 50.3 Å².